The van der Waals surface area contributed by atoms with Crippen LogP contribution < -0.4 is 14.8 Å². The number of nitrogens with one attached hydrogen (secondary N) is 1. The highest BCUT2D eigenvalue weighted by Gasteiger charge is 2.09. The zero-order valence-electron chi connectivity index (χ0n) is 13.8. The van der Waals surface area contributed by atoms with E-state index < -0.39 is 0 Å². The zero-order valence-corrected chi connectivity index (χ0v) is 14.6. The first kappa shape index (κ1) is 17.0. The van der Waals surface area contributed by atoms with Crippen molar-refractivity contribution in [3.63, 3.8) is 0 Å². The van der Waals surface area contributed by atoms with Gasteiger partial charge in [-0.2, -0.15) is 0 Å². The first-order chi connectivity index (χ1) is 12.3. The van der Waals surface area contributed by atoms with Gasteiger partial charge in [0.15, 0.2) is 6.61 Å². The number of hydrogen-bond acceptors (Lipinski definition) is 5. The van der Waals surface area contributed by atoms with Crippen LogP contribution in [0.1, 0.15) is 5.56 Å². The average molecular weight is 354 g/mol. The summed E-state index contributed by atoms with van der Waals surface area (Å²) in [6.07, 6.45) is 1.76. The molecule has 0 aliphatic rings. The number of rotatable bonds is 7. The summed E-state index contributed by atoms with van der Waals surface area (Å²) >= 11 is 1.62. The Hall–Kier alpha value is -2.86. The zero-order chi connectivity index (χ0) is 17.5. The molecule has 5 nitrogen and oxygen atoms in total. The van der Waals surface area contributed by atoms with E-state index in [2.05, 4.69) is 10.3 Å². The Labute approximate surface area is 150 Å². The SMILES string of the molecule is COc1cccc(OCC(=O)NCc2cccnc2-c2cccs2)c1. The first-order valence-electron chi connectivity index (χ1n) is 7.77. The number of methoxy groups -OCH3 is 1. The highest BCUT2D eigenvalue weighted by atomic mass is 32.1. The smallest absolute Gasteiger partial charge is 0.258 e. The molecule has 2 aromatic heterocycles. The number of hydrogen-bond donors (Lipinski definition) is 1. The Kier molecular flexibility index (Phi) is 5.64. The van der Waals surface area contributed by atoms with Crippen molar-refractivity contribution in [1.29, 1.82) is 0 Å². The van der Waals surface area contributed by atoms with Crippen molar-refractivity contribution in [2.45, 2.75) is 6.54 Å². The number of pyridine rings is 1. The fourth-order valence-corrected chi connectivity index (χ4v) is 3.06. The molecule has 0 aliphatic heterocycles. The molecule has 3 aromatic rings. The monoisotopic (exact) mass is 354 g/mol. The van der Waals surface area contributed by atoms with Crippen molar-refractivity contribution in [2.24, 2.45) is 0 Å². The van der Waals surface area contributed by atoms with Crippen molar-refractivity contribution in [2.75, 3.05) is 13.7 Å². The second kappa shape index (κ2) is 8.30. The minimum absolute atomic E-state index is 0.0538. The third kappa shape index (κ3) is 4.58. The molecule has 6 heteroatoms. The van der Waals surface area contributed by atoms with Crippen LogP contribution in [0, 0.1) is 0 Å². The number of aromatic nitrogens is 1. The molecule has 0 atom stereocenters. The average Bonchev–Trinajstić information content (AvgIpc) is 3.19. The number of ether oxygens (including phenoxy) is 2. The predicted octanol–water partition coefficient (Wildman–Crippen LogP) is 3.51. The minimum atomic E-state index is -0.191. The molecule has 128 valence electrons. The molecule has 1 amide bonds. The lowest BCUT2D eigenvalue weighted by Crippen LogP contribution is -2.28. The van der Waals surface area contributed by atoms with Gasteiger partial charge in [-0.15, -0.1) is 11.3 Å². The van der Waals surface area contributed by atoms with Crippen molar-refractivity contribution < 1.29 is 14.3 Å². The molecule has 1 N–H and O–H groups in total. The summed E-state index contributed by atoms with van der Waals surface area (Å²) in [6, 6.07) is 15.0. The predicted molar refractivity (Wildman–Crippen MR) is 97.9 cm³/mol. The number of carbonyl (C=O) groups excluding carboxylic acids is 1. The van der Waals surface area contributed by atoms with E-state index in [0.29, 0.717) is 18.0 Å². The van der Waals surface area contributed by atoms with Crippen LogP contribution in [-0.4, -0.2) is 24.6 Å². The molecule has 1 aromatic carbocycles. The summed E-state index contributed by atoms with van der Waals surface area (Å²) in [4.78, 5) is 17.6. The van der Waals surface area contributed by atoms with Crippen molar-refractivity contribution >= 4 is 17.2 Å². The lowest BCUT2D eigenvalue weighted by Gasteiger charge is -2.10. The van der Waals surface area contributed by atoms with Crippen LogP contribution in [0.3, 0.4) is 0 Å². The number of benzene rings is 1. The Morgan fingerprint density at radius 3 is 2.84 bits per heavy atom. The minimum Gasteiger partial charge on any atom is -0.497 e. The van der Waals surface area contributed by atoms with Gasteiger partial charge in [-0.1, -0.05) is 18.2 Å². The maximum absolute atomic E-state index is 12.1. The van der Waals surface area contributed by atoms with Gasteiger partial charge in [0.1, 0.15) is 11.5 Å². The molecule has 0 spiro atoms. The number of nitrogens with zero attached hydrogens (tertiary/aromatic N) is 1. The summed E-state index contributed by atoms with van der Waals surface area (Å²) < 4.78 is 10.6. The van der Waals surface area contributed by atoms with E-state index in [4.69, 9.17) is 9.47 Å². The summed E-state index contributed by atoms with van der Waals surface area (Å²) in [5, 5.41) is 4.88. The highest BCUT2D eigenvalue weighted by molar-refractivity contribution is 7.13. The van der Waals surface area contributed by atoms with Gasteiger partial charge >= 0.3 is 0 Å². The Morgan fingerprint density at radius 2 is 2.04 bits per heavy atom. The van der Waals surface area contributed by atoms with Gasteiger partial charge in [-0.25, -0.2) is 0 Å². The van der Waals surface area contributed by atoms with Crippen LogP contribution in [0.4, 0.5) is 0 Å². The molecule has 25 heavy (non-hydrogen) atoms. The van der Waals surface area contributed by atoms with E-state index in [1.807, 2.05) is 41.8 Å². The maximum atomic E-state index is 12.1. The number of carbonyl (C=O) groups is 1. The van der Waals surface area contributed by atoms with E-state index >= 15 is 0 Å². The first-order valence-corrected chi connectivity index (χ1v) is 8.65. The molecular weight excluding hydrogens is 336 g/mol. The van der Waals surface area contributed by atoms with Gasteiger partial charge in [0.2, 0.25) is 0 Å². The fourth-order valence-electron chi connectivity index (χ4n) is 2.30. The topological polar surface area (TPSA) is 60.5 Å². The van der Waals surface area contributed by atoms with E-state index in [1.54, 1.807) is 36.8 Å². The van der Waals surface area contributed by atoms with Gasteiger partial charge in [0, 0.05) is 18.8 Å². The van der Waals surface area contributed by atoms with Gasteiger partial charge in [0.05, 0.1) is 17.7 Å². The molecule has 0 saturated heterocycles. The van der Waals surface area contributed by atoms with E-state index in [-0.39, 0.29) is 12.5 Å². The molecule has 0 unspecified atom stereocenters. The van der Waals surface area contributed by atoms with Crippen LogP contribution in [0.5, 0.6) is 11.5 Å². The summed E-state index contributed by atoms with van der Waals surface area (Å²) in [5.74, 6) is 1.09. The molecule has 2 heterocycles. The molecular formula is C19H18N2O3S. The quantitative estimate of drug-likeness (QED) is 0.705. The van der Waals surface area contributed by atoms with Crippen molar-refractivity contribution in [1.82, 2.24) is 10.3 Å². The lowest BCUT2D eigenvalue weighted by atomic mass is 10.1. The van der Waals surface area contributed by atoms with Gasteiger partial charge in [0.25, 0.3) is 5.91 Å². The summed E-state index contributed by atoms with van der Waals surface area (Å²) in [7, 11) is 1.59. The summed E-state index contributed by atoms with van der Waals surface area (Å²) in [6.45, 7) is 0.350. The Bertz CT molecular complexity index is 834. The summed E-state index contributed by atoms with van der Waals surface area (Å²) in [5.41, 5.74) is 1.87. The third-order valence-corrected chi connectivity index (χ3v) is 4.41. The molecule has 0 bridgehead atoms. The molecule has 0 radical (unpaired) electrons. The van der Waals surface area contributed by atoms with Crippen LogP contribution in [-0.2, 0) is 11.3 Å². The van der Waals surface area contributed by atoms with Crippen molar-refractivity contribution in [3.05, 3.63) is 65.7 Å². The maximum Gasteiger partial charge on any atom is 0.258 e. The van der Waals surface area contributed by atoms with E-state index in [1.165, 1.54) is 0 Å². The molecule has 0 aliphatic carbocycles. The highest BCUT2D eigenvalue weighted by Crippen LogP contribution is 2.25. The van der Waals surface area contributed by atoms with Crippen LogP contribution in [0.25, 0.3) is 10.6 Å². The largest absolute Gasteiger partial charge is 0.497 e. The lowest BCUT2D eigenvalue weighted by molar-refractivity contribution is -0.123. The Morgan fingerprint density at radius 1 is 1.16 bits per heavy atom. The van der Waals surface area contributed by atoms with E-state index in [0.717, 1.165) is 16.1 Å². The fraction of sp³-hybridized carbons (Fsp3) is 0.158. The second-order valence-electron chi connectivity index (χ2n) is 5.23. The normalized spacial score (nSPS) is 10.3. The van der Waals surface area contributed by atoms with Crippen LogP contribution >= 0.6 is 11.3 Å². The molecule has 0 saturated carbocycles. The molecule has 0 fully saturated rings. The standard InChI is InChI=1S/C19H18N2O3S/c1-23-15-6-2-7-16(11-15)24-13-18(22)21-12-14-5-3-9-20-19(14)17-8-4-10-25-17/h2-11H,12-13H2,1H3,(H,21,22). The van der Waals surface area contributed by atoms with Crippen LogP contribution in [0.15, 0.2) is 60.1 Å². The third-order valence-electron chi connectivity index (χ3n) is 3.53. The van der Waals surface area contributed by atoms with Gasteiger partial charge in [-0.05, 0) is 35.2 Å². The van der Waals surface area contributed by atoms with Crippen molar-refractivity contribution in [3.8, 4) is 22.1 Å². The number of thiophene rings is 1. The molecule has 3 rings (SSSR count). The van der Waals surface area contributed by atoms with Gasteiger partial charge in [-0.3, -0.25) is 9.78 Å². The van der Waals surface area contributed by atoms with Crippen LogP contribution in [0.2, 0.25) is 0 Å². The number of amides is 1. The van der Waals surface area contributed by atoms with E-state index in [9.17, 15) is 4.79 Å². The Balaban J connectivity index is 1.56. The second-order valence-corrected chi connectivity index (χ2v) is 6.18. The van der Waals surface area contributed by atoms with Gasteiger partial charge < -0.3 is 14.8 Å².